The molecule has 0 radical (unpaired) electrons. The molecule has 6 heteroatoms. The van der Waals surface area contributed by atoms with Gasteiger partial charge in [-0.3, -0.25) is 9.69 Å². The molecule has 2 aliphatic heterocycles. The molecule has 2 aliphatic rings. The molecular formula is C26H21N3O3. The van der Waals surface area contributed by atoms with Crippen molar-refractivity contribution in [1.82, 2.24) is 9.78 Å². The van der Waals surface area contributed by atoms with Crippen LogP contribution < -0.4 is 4.90 Å². The summed E-state index contributed by atoms with van der Waals surface area (Å²) in [6.45, 7) is 2.80. The number of ether oxygens (including phenoxy) is 2. The third-order valence-corrected chi connectivity index (χ3v) is 5.96. The first-order valence-electron chi connectivity index (χ1n) is 10.6. The van der Waals surface area contributed by atoms with Crippen LogP contribution in [0.5, 0.6) is 0 Å². The lowest BCUT2D eigenvalue weighted by molar-refractivity contribution is -0.180. The van der Waals surface area contributed by atoms with E-state index in [0.717, 1.165) is 28.1 Å². The van der Waals surface area contributed by atoms with Crippen LogP contribution >= 0.6 is 0 Å². The zero-order valence-corrected chi connectivity index (χ0v) is 17.6. The molecule has 0 aliphatic carbocycles. The number of anilines is 2. The standard InChI is InChI=1S/C26H21N3O3/c1-18-11-13-19(14-12-18)24-23(17-28(27-24)20-7-3-2-4-8-20)29-22-10-6-5-9-21(22)26(25(29)30)31-15-16-32-26/h2-14,17H,15-16H2,1H3. The van der Waals surface area contributed by atoms with Crippen LogP contribution in [0.1, 0.15) is 11.1 Å². The Morgan fingerprint density at radius 1 is 0.844 bits per heavy atom. The normalized spacial score (nSPS) is 16.7. The van der Waals surface area contributed by atoms with Gasteiger partial charge in [0, 0.05) is 11.1 Å². The van der Waals surface area contributed by atoms with Crippen molar-refractivity contribution in [2.45, 2.75) is 12.7 Å². The highest BCUT2D eigenvalue weighted by Gasteiger charge is 2.57. The van der Waals surface area contributed by atoms with E-state index in [1.54, 1.807) is 4.90 Å². The number of hydrogen-bond acceptors (Lipinski definition) is 4. The van der Waals surface area contributed by atoms with Gasteiger partial charge in [0.15, 0.2) is 0 Å². The van der Waals surface area contributed by atoms with Gasteiger partial charge in [-0.05, 0) is 25.1 Å². The zero-order valence-electron chi connectivity index (χ0n) is 17.6. The maximum atomic E-state index is 13.8. The quantitative estimate of drug-likeness (QED) is 0.478. The van der Waals surface area contributed by atoms with Gasteiger partial charge >= 0.3 is 0 Å². The highest BCUT2D eigenvalue weighted by molar-refractivity contribution is 6.13. The van der Waals surface area contributed by atoms with Crippen LogP contribution in [-0.4, -0.2) is 28.9 Å². The lowest BCUT2D eigenvalue weighted by atomic mass is 10.1. The van der Waals surface area contributed by atoms with Crippen LogP contribution in [-0.2, 0) is 20.1 Å². The summed E-state index contributed by atoms with van der Waals surface area (Å²) in [6, 6.07) is 25.7. The Morgan fingerprint density at radius 2 is 1.53 bits per heavy atom. The number of carbonyl (C=O) groups is 1. The SMILES string of the molecule is Cc1ccc(-c2nn(-c3ccccc3)cc2N2C(=O)C3(OCCO3)c3ccccc32)cc1. The fourth-order valence-electron chi connectivity index (χ4n) is 4.41. The van der Waals surface area contributed by atoms with Gasteiger partial charge in [0.05, 0.1) is 36.5 Å². The average molecular weight is 423 g/mol. The number of amides is 1. The summed E-state index contributed by atoms with van der Waals surface area (Å²) in [4.78, 5) is 15.5. The fraction of sp³-hybridized carbons (Fsp3) is 0.154. The molecule has 0 bridgehead atoms. The Balaban J connectivity index is 1.57. The lowest BCUT2D eigenvalue weighted by Gasteiger charge is -2.22. The first kappa shape index (κ1) is 19.0. The Kier molecular flexibility index (Phi) is 4.24. The molecule has 0 unspecified atom stereocenters. The number of hydrogen-bond donors (Lipinski definition) is 0. The van der Waals surface area contributed by atoms with Crippen molar-refractivity contribution in [3.05, 3.63) is 96.2 Å². The molecule has 6 rings (SSSR count). The van der Waals surface area contributed by atoms with Crippen molar-refractivity contribution in [1.29, 1.82) is 0 Å². The molecule has 1 saturated heterocycles. The molecule has 0 atom stereocenters. The van der Waals surface area contributed by atoms with E-state index in [2.05, 4.69) is 0 Å². The molecule has 1 fully saturated rings. The van der Waals surface area contributed by atoms with Crippen molar-refractivity contribution in [2.75, 3.05) is 18.1 Å². The Labute approximate surface area is 185 Å². The highest BCUT2D eigenvalue weighted by atomic mass is 16.7. The van der Waals surface area contributed by atoms with Gasteiger partial charge in [-0.2, -0.15) is 5.10 Å². The fourth-order valence-corrected chi connectivity index (χ4v) is 4.41. The van der Waals surface area contributed by atoms with Crippen molar-refractivity contribution < 1.29 is 14.3 Å². The number of benzene rings is 3. The largest absolute Gasteiger partial charge is 0.336 e. The monoisotopic (exact) mass is 423 g/mol. The van der Waals surface area contributed by atoms with Crippen LogP contribution in [0.4, 0.5) is 11.4 Å². The molecule has 32 heavy (non-hydrogen) atoms. The maximum Gasteiger partial charge on any atom is 0.297 e. The second-order valence-electron chi connectivity index (χ2n) is 7.98. The second-order valence-corrected chi connectivity index (χ2v) is 7.98. The summed E-state index contributed by atoms with van der Waals surface area (Å²) in [6.07, 6.45) is 1.90. The Bertz CT molecular complexity index is 1310. The minimum Gasteiger partial charge on any atom is -0.336 e. The summed E-state index contributed by atoms with van der Waals surface area (Å²) >= 11 is 0. The number of aryl methyl sites for hydroxylation is 1. The topological polar surface area (TPSA) is 56.6 Å². The molecule has 1 aromatic heterocycles. The van der Waals surface area contributed by atoms with E-state index in [9.17, 15) is 4.79 Å². The summed E-state index contributed by atoms with van der Waals surface area (Å²) in [5.74, 6) is -1.65. The smallest absolute Gasteiger partial charge is 0.297 e. The minimum atomic E-state index is -1.39. The van der Waals surface area contributed by atoms with Gasteiger partial charge in [-0.25, -0.2) is 4.68 Å². The molecule has 0 saturated carbocycles. The molecule has 6 nitrogen and oxygen atoms in total. The summed E-state index contributed by atoms with van der Waals surface area (Å²) in [5.41, 5.74) is 5.88. The van der Waals surface area contributed by atoms with Crippen molar-refractivity contribution in [3.63, 3.8) is 0 Å². The van der Waals surface area contributed by atoms with E-state index in [0.29, 0.717) is 24.6 Å². The third-order valence-electron chi connectivity index (χ3n) is 5.96. The molecule has 1 spiro atoms. The predicted molar refractivity (Wildman–Crippen MR) is 121 cm³/mol. The number of nitrogens with zero attached hydrogens (tertiary/aromatic N) is 3. The van der Waals surface area contributed by atoms with E-state index < -0.39 is 5.79 Å². The van der Waals surface area contributed by atoms with E-state index in [1.807, 2.05) is 96.7 Å². The molecule has 0 N–H and O–H groups in total. The van der Waals surface area contributed by atoms with E-state index in [1.165, 1.54) is 0 Å². The summed E-state index contributed by atoms with van der Waals surface area (Å²) in [5, 5.41) is 4.89. The van der Waals surface area contributed by atoms with Gasteiger partial charge in [0.1, 0.15) is 5.69 Å². The molecule has 4 aromatic rings. The molecular weight excluding hydrogens is 402 g/mol. The van der Waals surface area contributed by atoms with E-state index in [-0.39, 0.29) is 5.91 Å². The van der Waals surface area contributed by atoms with Gasteiger partial charge < -0.3 is 9.47 Å². The molecule has 158 valence electrons. The molecule has 1 amide bonds. The Morgan fingerprint density at radius 3 is 2.28 bits per heavy atom. The number of para-hydroxylation sites is 2. The summed E-state index contributed by atoms with van der Waals surface area (Å²) in [7, 11) is 0. The van der Waals surface area contributed by atoms with Gasteiger partial charge in [0.2, 0.25) is 0 Å². The van der Waals surface area contributed by atoms with Crippen molar-refractivity contribution >= 4 is 17.3 Å². The molecule has 3 heterocycles. The lowest BCUT2D eigenvalue weighted by Crippen LogP contribution is -2.39. The van der Waals surface area contributed by atoms with Crippen molar-refractivity contribution in [2.24, 2.45) is 0 Å². The van der Waals surface area contributed by atoms with E-state index >= 15 is 0 Å². The van der Waals surface area contributed by atoms with Crippen LogP contribution in [0.25, 0.3) is 16.9 Å². The average Bonchev–Trinajstić information content (AvgIpc) is 3.54. The Hall–Kier alpha value is -3.74. The van der Waals surface area contributed by atoms with Gasteiger partial charge in [0.25, 0.3) is 11.7 Å². The first-order valence-corrected chi connectivity index (χ1v) is 10.6. The van der Waals surface area contributed by atoms with Crippen LogP contribution in [0.15, 0.2) is 85.1 Å². The second kappa shape index (κ2) is 7.15. The van der Waals surface area contributed by atoms with Crippen LogP contribution in [0.2, 0.25) is 0 Å². The number of fused-ring (bicyclic) bond motifs is 2. The third kappa shape index (κ3) is 2.74. The van der Waals surface area contributed by atoms with Gasteiger partial charge in [-0.1, -0.05) is 66.2 Å². The minimum absolute atomic E-state index is 0.253. The first-order chi connectivity index (χ1) is 15.7. The maximum absolute atomic E-state index is 13.8. The predicted octanol–water partition coefficient (Wildman–Crippen LogP) is 4.73. The van der Waals surface area contributed by atoms with Gasteiger partial charge in [-0.15, -0.1) is 0 Å². The van der Waals surface area contributed by atoms with Crippen LogP contribution in [0.3, 0.4) is 0 Å². The van der Waals surface area contributed by atoms with Crippen LogP contribution in [0, 0.1) is 6.92 Å². The number of aromatic nitrogens is 2. The number of rotatable bonds is 3. The zero-order chi connectivity index (χ0) is 21.7. The molecule has 3 aromatic carbocycles. The summed E-state index contributed by atoms with van der Waals surface area (Å²) < 4.78 is 13.6. The highest BCUT2D eigenvalue weighted by Crippen LogP contribution is 2.50. The number of carbonyl (C=O) groups excluding carboxylic acids is 1. The van der Waals surface area contributed by atoms with Crippen molar-refractivity contribution in [3.8, 4) is 16.9 Å². The van der Waals surface area contributed by atoms with E-state index in [4.69, 9.17) is 14.6 Å².